The van der Waals surface area contributed by atoms with Gasteiger partial charge in [-0.05, 0) is 24.3 Å². The molecule has 0 aliphatic carbocycles. The molecular weight excluding hydrogens is 310 g/mol. The molecule has 0 aliphatic rings. The monoisotopic (exact) mass is 320 g/mol. The first-order chi connectivity index (χ1) is 10.00. The molecule has 2 aromatic rings. The fraction of sp³-hybridized carbons (Fsp3) is 0.143. The van der Waals surface area contributed by atoms with Crippen molar-refractivity contribution in [3.05, 3.63) is 47.5 Å². The minimum Gasteiger partial charge on any atom is -0.398 e. The van der Waals surface area contributed by atoms with E-state index in [1.165, 1.54) is 0 Å². The molecule has 4 N–H and O–H groups in total. The largest absolute Gasteiger partial charge is 0.416 e. The fourth-order valence-electron chi connectivity index (χ4n) is 1.97. The van der Waals surface area contributed by atoms with Crippen LogP contribution in [0.5, 0.6) is 0 Å². The number of alkyl halides is 6. The Morgan fingerprint density at radius 3 is 1.14 bits per heavy atom. The lowest BCUT2D eigenvalue weighted by molar-refractivity contribution is -0.138. The van der Waals surface area contributed by atoms with Crippen molar-refractivity contribution in [2.24, 2.45) is 0 Å². The first kappa shape index (κ1) is 16.0. The van der Waals surface area contributed by atoms with Crippen LogP contribution in [0.2, 0.25) is 0 Å². The van der Waals surface area contributed by atoms with Gasteiger partial charge in [0.1, 0.15) is 0 Å². The molecule has 0 aromatic heterocycles. The van der Waals surface area contributed by atoms with Gasteiger partial charge in [-0.2, -0.15) is 26.3 Å². The van der Waals surface area contributed by atoms with Gasteiger partial charge in [-0.25, -0.2) is 0 Å². The smallest absolute Gasteiger partial charge is 0.398 e. The first-order valence-corrected chi connectivity index (χ1v) is 5.94. The zero-order valence-corrected chi connectivity index (χ0v) is 10.9. The summed E-state index contributed by atoms with van der Waals surface area (Å²) in [5.41, 5.74) is 9.07. The number of benzene rings is 2. The Kier molecular flexibility index (Phi) is 3.72. The number of nitrogen functional groups attached to an aromatic ring is 2. The third-order valence-corrected chi connectivity index (χ3v) is 3.05. The van der Waals surface area contributed by atoms with E-state index in [0.29, 0.717) is 12.1 Å². The molecule has 0 saturated heterocycles. The van der Waals surface area contributed by atoms with Gasteiger partial charge in [0.05, 0.1) is 11.1 Å². The second-order valence-electron chi connectivity index (χ2n) is 4.60. The zero-order valence-electron chi connectivity index (χ0n) is 10.9. The van der Waals surface area contributed by atoms with Crippen LogP contribution in [-0.2, 0) is 12.4 Å². The predicted octanol–water partition coefficient (Wildman–Crippen LogP) is 4.56. The van der Waals surface area contributed by atoms with Gasteiger partial charge in [0.2, 0.25) is 0 Å². The number of hydrogen-bond donors (Lipinski definition) is 2. The minimum absolute atomic E-state index is 0.138. The summed E-state index contributed by atoms with van der Waals surface area (Å²) in [5, 5.41) is 0. The van der Waals surface area contributed by atoms with Gasteiger partial charge in [-0.15, -0.1) is 0 Å². The van der Waals surface area contributed by atoms with Crippen LogP contribution < -0.4 is 11.5 Å². The van der Waals surface area contributed by atoms with Crippen molar-refractivity contribution in [3.8, 4) is 11.1 Å². The van der Waals surface area contributed by atoms with Gasteiger partial charge in [0.15, 0.2) is 0 Å². The highest BCUT2D eigenvalue weighted by molar-refractivity contribution is 5.84. The van der Waals surface area contributed by atoms with Gasteiger partial charge in [-0.1, -0.05) is 12.1 Å². The van der Waals surface area contributed by atoms with Crippen molar-refractivity contribution < 1.29 is 26.3 Å². The van der Waals surface area contributed by atoms with Crippen LogP contribution in [-0.4, -0.2) is 0 Å². The molecule has 0 radical (unpaired) electrons. The van der Waals surface area contributed by atoms with Crippen LogP contribution in [0, 0.1) is 0 Å². The van der Waals surface area contributed by atoms with E-state index in [1.54, 1.807) is 0 Å². The van der Waals surface area contributed by atoms with Crippen molar-refractivity contribution in [1.82, 2.24) is 0 Å². The SMILES string of the molecule is Nc1cc(C(F)(F)F)ccc1-c1ccc(C(F)(F)F)cc1N. The van der Waals surface area contributed by atoms with E-state index in [9.17, 15) is 26.3 Å². The molecule has 0 aliphatic heterocycles. The molecule has 118 valence electrons. The highest BCUT2D eigenvalue weighted by Gasteiger charge is 2.32. The molecule has 0 atom stereocenters. The summed E-state index contributed by atoms with van der Waals surface area (Å²) in [4.78, 5) is 0. The van der Waals surface area contributed by atoms with Crippen molar-refractivity contribution >= 4 is 11.4 Å². The minimum atomic E-state index is -4.56. The molecule has 2 nitrogen and oxygen atoms in total. The van der Waals surface area contributed by atoms with E-state index in [0.717, 1.165) is 24.3 Å². The Morgan fingerprint density at radius 2 is 0.909 bits per heavy atom. The van der Waals surface area contributed by atoms with Crippen LogP contribution in [0.15, 0.2) is 36.4 Å². The molecule has 0 saturated carbocycles. The Labute approximate surface area is 121 Å². The lowest BCUT2D eigenvalue weighted by Crippen LogP contribution is -2.07. The normalized spacial score (nSPS) is 12.5. The lowest BCUT2D eigenvalue weighted by Gasteiger charge is -2.14. The predicted molar refractivity (Wildman–Crippen MR) is 70.7 cm³/mol. The Morgan fingerprint density at radius 1 is 0.591 bits per heavy atom. The van der Waals surface area contributed by atoms with E-state index in [2.05, 4.69) is 0 Å². The van der Waals surface area contributed by atoms with Crippen molar-refractivity contribution in [2.75, 3.05) is 11.5 Å². The molecular formula is C14H10F6N2. The number of anilines is 2. The van der Waals surface area contributed by atoms with Gasteiger partial charge in [0, 0.05) is 22.5 Å². The molecule has 0 amide bonds. The molecule has 0 heterocycles. The maximum Gasteiger partial charge on any atom is 0.416 e. The molecule has 2 rings (SSSR count). The van der Waals surface area contributed by atoms with E-state index in [1.807, 2.05) is 0 Å². The van der Waals surface area contributed by atoms with Gasteiger partial charge in [-0.3, -0.25) is 0 Å². The van der Waals surface area contributed by atoms with Crippen molar-refractivity contribution in [1.29, 1.82) is 0 Å². The lowest BCUT2D eigenvalue weighted by atomic mass is 9.98. The fourth-order valence-corrected chi connectivity index (χ4v) is 1.97. The van der Waals surface area contributed by atoms with E-state index in [4.69, 9.17) is 11.5 Å². The Hall–Kier alpha value is -2.38. The first-order valence-electron chi connectivity index (χ1n) is 5.94. The summed E-state index contributed by atoms with van der Waals surface area (Å²) in [7, 11) is 0. The maximum absolute atomic E-state index is 12.6. The summed E-state index contributed by atoms with van der Waals surface area (Å²) < 4.78 is 75.4. The van der Waals surface area contributed by atoms with E-state index in [-0.39, 0.29) is 22.5 Å². The Bertz CT molecular complexity index is 642. The number of halogens is 6. The van der Waals surface area contributed by atoms with Gasteiger partial charge < -0.3 is 11.5 Å². The molecule has 0 spiro atoms. The van der Waals surface area contributed by atoms with Gasteiger partial charge in [0.25, 0.3) is 0 Å². The number of hydrogen-bond acceptors (Lipinski definition) is 2. The standard InChI is InChI=1S/C14H10F6N2/c15-13(16,17)7-1-3-9(11(21)5-7)10-4-2-8(6-12(10)22)14(18,19)20/h1-6H,21-22H2. The van der Waals surface area contributed by atoms with Crippen LogP contribution in [0.4, 0.5) is 37.7 Å². The van der Waals surface area contributed by atoms with Crippen LogP contribution in [0.3, 0.4) is 0 Å². The van der Waals surface area contributed by atoms with E-state index < -0.39 is 23.5 Å². The molecule has 2 aromatic carbocycles. The Balaban J connectivity index is 2.49. The van der Waals surface area contributed by atoms with Crippen LogP contribution >= 0.6 is 0 Å². The second kappa shape index (κ2) is 5.11. The third kappa shape index (κ3) is 3.10. The van der Waals surface area contributed by atoms with E-state index >= 15 is 0 Å². The summed E-state index contributed by atoms with van der Waals surface area (Å²) in [6.07, 6.45) is -9.11. The van der Waals surface area contributed by atoms with Crippen molar-refractivity contribution in [3.63, 3.8) is 0 Å². The molecule has 8 heteroatoms. The van der Waals surface area contributed by atoms with Gasteiger partial charge >= 0.3 is 12.4 Å². The summed E-state index contributed by atoms with van der Waals surface area (Å²) >= 11 is 0. The molecule has 0 unspecified atom stereocenters. The zero-order chi connectivity index (χ0) is 16.7. The average molecular weight is 320 g/mol. The second-order valence-corrected chi connectivity index (χ2v) is 4.60. The summed E-state index contributed by atoms with van der Waals surface area (Å²) in [6, 6.07) is 5.18. The van der Waals surface area contributed by atoms with Crippen LogP contribution in [0.1, 0.15) is 11.1 Å². The molecule has 22 heavy (non-hydrogen) atoms. The topological polar surface area (TPSA) is 52.0 Å². The average Bonchev–Trinajstić information content (AvgIpc) is 2.37. The summed E-state index contributed by atoms with van der Waals surface area (Å²) in [5.74, 6) is 0. The summed E-state index contributed by atoms with van der Waals surface area (Å²) in [6.45, 7) is 0. The molecule has 0 bridgehead atoms. The highest BCUT2D eigenvalue weighted by Crippen LogP contribution is 2.38. The number of rotatable bonds is 1. The highest BCUT2D eigenvalue weighted by atomic mass is 19.4. The quantitative estimate of drug-likeness (QED) is 0.598. The van der Waals surface area contributed by atoms with Crippen molar-refractivity contribution in [2.45, 2.75) is 12.4 Å². The number of nitrogens with two attached hydrogens (primary N) is 2. The van der Waals surface area contributed by atoms with Crippen LogP contribution in [0.25, 0.3) is 11.1 Å². The third-order valence-electron chi connectivity index (χ3n) is 3.05. The molecule has 0 fully saturated rings. The maximum atomic E-state index is 12.6.